The maximum absolute atomic E-state index is 5.42. The molecule has 1 rings (SSSR count). The molecule has 0 bridgehead atoms. The van der Waals surface area contributed by atoms with Gasteiger partial charge in [-0.1, -0.05) is 44.7 Å². The predicted molar refractivity (Wildman–Crippen MR) is 62.5 cm³/mol. The summed E-state index contributed by atoms with van der Waals surface area (Å²) in [5.74, 6) is 0. The first kappa shape index (κ1) is 12.2. The summed E-state index contributed by atoms with van der Waals surface area (Å²) < 4.78 is 10.8. The summed E-state index contributed by atoms with van der Waals surface area (Å²) in [5.41, 5.74) is 0.727. The third-order valence-corrected chi connectivity index (χ3v) is 7.84. The first-order chi connectivity index (χ1) is 6.83. The highest BCUT2D eigenvalue weighted by molar-refractivity contribution is 6.60. The third-order valence-electron chi connectivity index (χ3n) is 3.54. The molecule has 0 aromatic heterocycles. The van der Waals surface area contributed by atoms with Gasteiger partial charge in [-0.25, -0.2) is 0 Å². The lowest BCUT2D eigenvalue weighted by Crippen LogP contribution is -2.33. The van der Waals surface area contributed by atoms with E-state index in [4.69, 9.17) is 9.47 Å². The Kier molecular flexibility index (Phi) is 5.75. The molecule has 14 heavy (non-hydrogen) atoms. The van der Waals surface area contributed by atoms with Gasteiger partial charge in [-0.2, -0.15) is 0 Å². The monoisotopic (exact) mass is 216 g/mol. The first-order valence-electron chi connectivity index (χ1n) is 5.89. The highest BCUT2D eigenvalue weighted by Crippen LogP contribution is 2.33. The normalized spacial score (nSPS) is 21.4. The molecule has 1 saturated heterocycles. The van der Waals surface area contributed by atoms with Crippen molar-refractivity contribution in [3.63, 3.8) is 0 Å². The van der Waals surface area contributed by atoms with E-state index in [0.29, 0.717) is 0 Å². The van der Waals surface area contributed by atoms with Crippen molar-refractivity contribution in [2.24, 2.45) is 0 Å². The van der Waals surface area contributed by atoms with Gasteiger partial charge in [-0.15, -0.1) is 0 Å². The van der Waals surface area contributed by atoms with Crippen molar-refractivity contribution >= 4 is 8.80 Å². The van der Waals surface area contributed by atoms with E-state index >= 15 is 0 Å². The Hall–Kier alpha value is 0.137. The van der Waals surface area contributed by atoms with Crippen LogP contribution in [0.5, 0.6) is 0 Å². The number of hydrogen-bond donors (Lipinski definition) is 0. The van der Waals surface area contributed by atoms with Crippen molar-refractivity contribution in [2.75, 3.05) is 14.2 Å². The quantitative estimate of drug-likeness (QED) is 0.520. The van der Waals surface area contributed by atoms with Gasteiger partial charge in [0.05, 0.1) is 0 Å². The van der Waals surface area contributed by atoms with Crippen LogP contribution < -0.4 is 0 Å². The van der Waals surface area contributed by atoms with Crippen LogP contribution in [-0.2, 0) is 9.47 Å². The lowest BCUT2D eigenvalue weighted by Gasteiger charge is -2.32. The molecule has 84 valence electrons. The number of ether oxygens (including phenoxy) is 2. The van der Waals surface area contributed by atoms with Crippen LogP contribution in [0.25, 0.3) is 0 Å². The Morgan fingerprint density at radius 3 is 2.07 bits per heavy atom. The Bertz CT molecular complexity index is 142. The fraction of sp³-hybridized carbons (Fsp3) is 1.00. The zero-order valence-electron chi connectivity index (χ0n) is 9.79. The van der Waals surface area contributed by atoms with Crippen LogP contribution in [0.1, 0.15) is 32.6 Å². The Morgan fingerprint density at radius 1 is 1.07 bits per heavy atom. The summed E-state index contributed by atoms with van der Waals surface area (Å²) in [6.45, 7) is 2.28. The molecule has 2 nitrogen and oxygen atoms in total. The molecule has 3 heteroatoms. The molecule has 0 spiro atoms. The molecule has 1 atom stereocenters. The second-order valence-electron chi connectivity index (χ2n) is 4.31. The maximum Gasteiger partial charge on any atom is 0.156 e. The fourth-order valence-electron chi connectivity index (χ4n) is 2.76. The molecule has 0 saturated carbocycles. The third kappa shape index (κ3) is 3.07. The zero-order chi connectivity index (χ0) is 10.4. The summed E-state index contributed by atoms with van der Waals surface area (Å²) >= 11 is 0. The minimum Gasteiger partial charge on any atom is -0.356 e. The second kappa shape index (κ2) is 6.59. The second-order valence-corrected chi connectivity index (χ2v) is 7.84. The lowest BCUT2D eigenvalue weighted by atomic mass is 10.3. The topological polar surface area (TPSA) is 18.5 Å². The van der Waals surface area contributed by atoms with Crippen LogP contribution in [0.4, 0.5) is 0 Å². The van der Waals surface area contributed by atoms with Crippen LogP contribution in [0.15, 0.2) is 0 Å². The van der Waals surface area contributed by atoms with E-state index in [1.807, 2.05) is 0 Å². The van der Waals surface area contributed by atoms with E-state index in [9.17, 15) is 0 Å². The highest BCUT2D eigenvalue weighted by atomic mass is 28.3. The molecule has 0 radical (unpaired) electrons. The van der Waals surface area contributed by atoms with Crippen molar-refractivity contribution in [2.45, 2.75) is 56.5 Å². The van der Waals surface area contributed by atoms with E-state index in [2.05, 4.69) is 6.92 Å². The predicted octanol–water partition coefficient (Wildman–Crippen LogP) is 2.80. The van der Waals surface area contributed by atoms with Crippen LogP contribution in [0, 0.1) is 0 Å². The van der Waals surface area contributed by atoms with Crippen molar-refractivity contribution in [1.29, 1.82) is 0 Å². The van der Waals surface area contributed by atoms with Crippen molar-refractivity contribution in [3.05, 3.63) is 0 Å². The van der Waals surface area contributed by atoms with Gasteiger partial charge >= 0.3 is 0 Å². The van der Waals surface area contributed by atoms with E-state index < -0.39 is 8.80 Å². The van der Waals surface area contributed by atoms with Crippen LogP contribution in [0.2, 0.25) is 17.6 Å². The number of hydrogen-bond acceptors (Lipinski definition) is 2. The van der Waals surface area contributed by atoms with E-state index in [0.717, 1.165) is 5.54 Å². The van der Waals surface area contributed by atoms with Crippen molar-refractivity contribution in [1.82, 2.24) is 0 Å². The van der Waals surface area contributed by atoms with E-state index in [1.54, 1.807) is 14.2 Å². The zero-order valence-corrected chi connectivity index (χ0v) is 10.9. The average molecular weight is 216 g/mol. The Morgan fingerprint density at radius 2 is 1.64 bits per heavy atom. The van der Waals surface area contributed by atoms with Crippen molar-refractivity contribution in [3.8, 4) is 0 Å². The van der Waals surface area contributed by atoms with Gasteiger partial charge in [0.15, 0.2) is 6.29 Å². The standard InChI is InChI=1S/C11H24O2Si/c1-4-10(11(12-2)13-3)14-8-6-5-7-9-14/h10-11,14H,4-9H2,1-3H3. The molecule has 0 aliphatic carbocycles. The Labute approximate surface area is 89.6 Å². The average Bonchev–Trinajstić information content (AvgIpc) is 2.27. The Balaban J connectivity index is 2.49. The first-order valence-corrected chi connectivity index (χ1v) is 8.19. The minimum atomic E-state index is -0.584. The summed E-state index contributed by atoms with van der Waals surface area (Å²) in [6, 6.07) is 3.00. The van der Waals surface area contributed by atoms with Crippen LogP contribution in [0.3, 0.4) is 0 Å². The molecule has 0 N–H and O–H groups in total. The highest BCUT2D eigenvalue weighted by Gasteiger charge is 2.30. The van der Waals surface area contributed by atoms with Gasteiger partial charge < -0.3 is 9.47 Å². The van der Waals surface area contributed by atoms with Gasteiger partial charge in [0.1, 0.15) is 0 Å². The molecule has 0 amide bonds. The molecule has 0 aromatic rings. The fourth-order valence-corrected chi connectivity index (χ4v) is 6.95. The molecule has 1 aliphatic heterocycles. The van der Waals surface area contributed by atoms with Crippen LogP contribution in [-0.4, -0.2) is 29.3 Å². The van der Waals surface area contributed by atoms with Gasteiger partial charge in [-0.3, -0.25) is 0 Å². The molecule has 1 aliphatic rings. The molecule has 1 heterocycles. The molecular weight excluding hydrogens is 192 g/mol. The molecule has 1 fully saturated rings. The maximum atomic E-state index is 5.42. The molecule has 1 unspecified atom stereocenters. The molecular formula is C11H24O2Si. The van der Waals surface area contributed by atoms with Gasteiger partial charge in [0.2, 0.25) is 0 Å². The van der Waals surface area contributed by atoms with Gasteiger partial charge in [0.25, 0.3) is 0 Å². The smallest absolute Gasteiger partial charge is 0.156 e. The number of rotatable bonds is 5. The van der Waals surface area contributed by atoms with E-state index in [-0.39, 0.29) is 6.29 Å². The summed E-state index contributed by atoms with van der Waals surface area (Å²) in [6.07, 6.45) is 5.64. The van der Waals surface area contributed by atoms with Gasteiger partial charge in [-0.05, 0) is 0 Å². The van der Waals surface area contributed by atoms with Gasteiger partial charge in [0, 0.05) is 28.6 Å². The molecule has 0 aromatic carbocycles. The SMILES string of the molecule is CCC(C(OC)OC)[SiH]1CCCCC1. The van der Waals surface area contributed by atoms with Crippen molar-refractivity contribution < 1.29 is 9.47 Å². The van der Waals surface area contributed by atoms with E-state index in [1.165, 1.54) is 37.8 Å². The minimum absolute atomic E-state index is 0.0646. The van der Waals surface area contributed by atoms with Crippen LogP contribution >= 0.6 is 0 Å². The summed E-state index contributed by atoms with van der Waals surface area (Å²) in [5, 5.41) is 0. The number of methoxy groups -OCH3 is 2. The largest absolute Gasteiger partial charge is 0.356 e. The lowest BCUT2D eigenvalue weighted by molar-refractivity contribution is -0.106. The summed E-state index contributed by atoms with van der Waals surface area (Å²) in [4.78, 5) is 0. The summed E-state index contributed by atoms with van der Waals surface area (Å²) in [7, 11) is 2.96.